The molecule has 0 radical (unpaired) electrons. The Bertz CT molecular complexity index is 729. The molecule has 0 saturated carbocycles. The van der Waals surface area contributed by atoms with Crippen LogP contribution >= 0.6 is 27.7 Å². The monoisotopic (exact) mass is 373 g/mol. The SMILES string of the molecule is O=C1CS/C(=N\N=C/c2ccc(Br)cc2)N1c1ccccc1. The van der Waals surface area contributed by atoms with E-state index in [0.717, 1.165) is 15.7 Å². The quantitative estimate of drug-likeness (QED) is 0.604. The molecule has 0 aromatic heterocycles. The molecule has 0 spiro atoms. The number of anilines is 1. The average molecular weight is 374 g/mol. The fourth-order valence-corrected chi connectivity index (χ4v) is 3.05. The number of carbonyl (C=O) groups excluding carboxylic acids is 1. The van der Waals surface area contributed by atoms with Crippen LogP contribution in [0.3, 0.4) is 0 Å². The lowest BCUT2D eigenvalue weighted by molar-refractivity contribution is -0.115. The predicted octanol–water partition coefficient (Wildman–Crippen LogP) is 3.92. The summed E-state index contributed by atoms with van der Waals surface area (Å²) in [5.41, 5.74) is 1.77. The van der Waals surface area contributed by atoms with Crippen LogP contribution in [0.15, 0.2) is 69.3 Å². The number of hydrogen-bond acceptors (Lipinski definition) is 4. The van der Waals surface area contributed by atoms with Gasteiger partial charge in [-0.25, -0.2) is 0 Å². The van der Waals surface area contributed by atoms with Crippen molar-refractivity contribution < 1.29 is 4.79 Å². The molecule has 0 N–H and O–H groups in total. The highest BCUT2D eigenvalue weighted by Crippen LogP contribution is 2.26. The van der Waals surface area contributed by atoms with Crippen LogP contribution < -0.4 is 4.90 Å². The standard InChI is InChI=1S/C16H12BrN3OS/c17-13-8-6-12(7-9-13)10-18-19-16-20(15(21)11-22-16)14-4-2-1-3-5-14/h1-10H,11H2/b18-10-,19-16-. The Labute approximate surface area is 141 Å². The lowest BCUT2D eigenvalue weighted by Crippen LogP contribution is -2.28. The van der Waals surface area contributed by atoms with Crippen LogP contribution in [-0.4, -0.2) is 23.0 Å². The summed E-state index contributed by atoms with van der Waals surface area (Å²) < 4.78 is 1.02. The molecule has 1 fully saturated rings. The van der Waals surface area contributed by atoms with Gasteiger partial charge in [-0.3, -0.25) is 9.69 Å². The summed E-state index contributed by atoms with van der Waals surface area (Å²) in [7, 11) is 0. The molecule has 0 atom stereocenters. The molecule has 0 unspecified atom stereocenters. The molecule has 0 aliphatic carbocycles. The minimum atomic E-state index is 0.0220. The number of rotatable bonds is 3. The third-order valence-electron chi connectivity index (χ3n) is 3.00. The van der Waals surface area contributed by atoms with Gasteiger partial charge in [0.1, 0.15) is 0 Å². The maximum absolute atomic E-state index is 12.0. The predicted molar refractivity (Wildman–Crippen MR) is 95.6 cm³/mol. The van der Waals surface area contributed by atoms with Gasteiger partial charge >= 0.3 is 0 Å². The lowest BCUT2D eigenvalue weighted by Gasteiger charge is -2.14. The third kappa shape index (κ3) is 3.45. The molecule has 22 heavy (non-hydrogen) atoms. The number of para-hydroxylation sites is 1. The molecule has 6 heteroatoms. The molecular formula is C16H12BrN3OS. The number of thioether (sulfide) groups is 1. The number of benzene rings is 2. The largest absolute Gasteiger partial charge is 0.273 e. The van der Waals surface area contributed by atoms with Gasteiger partial charge in [0.15, 0.2) is 5.17 Å². The van der Waals surface area contributed by atoms with E-state index in [1.165, 1.54) is 11.8 Å². The van der Waals surface area contributed by atoms with Crippen molar-refractivity contribution in [2.45, 2.75) is 0 Å². The van der Waals surface area contributed by atoms with E-state index < -0.39 is 0 Å². The van der Waals surface area contributed by atoms with Crippen molar-refractivity contribution in [1.29, 1.82) is 0 Å². The summed E-state index contributed by atoms with van der Waals surface area (Å²) in [5, 5.41) is 8.89. The Morgan fingerprint density at radius 2 is 1.82 bits per heavy atom. The molecule has 4 nitrogen and oxygen atoms in total. The number of amides is 1. The molecule has 1 amide bonds. The number of carbonyl (C=O) groups is 1. The van der Waals surface area contributed by atoms with Gasteiger partial charge in [-0.15, -0.1) is 5.10 Å². The molecule has 1 aliphatic heterocycles. The molecule has 1 aliphatic rings. The molecule has 2 aromatic rings. The first-order chi connectivity index (χ1) is 10.7. The van der Waals surface area contributed by atoms with E-state index in [4.69, 9.17) is 0 Å². The van der Waals surface area contributed by atoms with Crippen LogP contribution in [0.4, 0.5) is 5.69 Å². The summed E-state index contributed by atoms with van der Waals surface area (Å²) >= 11 is 4.78. The van der Waals surface area contributed by atoms with Crippen LogP contribution in [0.1, 0.15) is 5.56 Å². The van der Waals surface area contributed by atoms with E-state index in [-0.39, 0.29) is 5.91 Å². The topological polar surface area (TPSA) is 45.0 Å². The van der Waals surface area contributed by atoms with E-state index >= 15 is 0 Å². The molecule has 2 aromatic carbocycles. The number of nitrogens with zero attached hydrogens (tertiary/aromatic N) is 3. The van der Waals surface area contributed by atoms with Gasteiger partial charge < -0.3 is 0 Å². The Balaban J connectivity index is 1.80. The van der Waals surface area contributed by atoms with Crippen molar-refractivity contribution in [3.63, 3.8) is 0 Å². The van der Waals surface area contributed by atoms with Crippen LogP contribution in [0.2, 0.25) is 0 Å². The number of halogens is 1. The van der Waals surface area contributed by atoms with Crippen molar-refractivity contribution in [2.75, 3.05) is 10.7 Å². The van der Waals surface area contributed by atoms with E-state index in [9.17, 15) is 4.79 Å². The smallest absolute Gasteiger partial charge is 0.243 e. The summed E-state index contributed by atoms with van der Waals surface area (Å²) in [6.45, 7) is 0. The zero-order chi connectivity index (χ0) is 15.4. The van der Waals surface area contributed by atoms with Gasteiger partial charge in [-0.1, -0.05) is 58.0 Å². The van der Waals surface area contributed by atoms with Crippen LogP contribution in [0, 0.1) is 0 Å². The zero-order valence-corrected chi connectivity index (χ0v) is 13.9. The molecule has 1 heterocycles. The van der Waals surface area contributed by atoms with E-state index in [2.05, 4.69) is 26.1 Å². The molecular weight excluding hydrogens is 362 g/mol. The third-order valence-corrected chi connectivity index (χ3v) is 4.44. The Kier molecular flexibility index (Phi) is 4.70. The fourth-order valence-electron chi connectivity index (χ4n) is 1.96. The van der Waals surface area contributed by atoms with Crippen molar-refractivity contribution >= 4 is 50.7 Å². The first-order valence-corrected chi connectivity index (χ1v) is 8.39. The minimum Gasteiger partial charge on any atom is -0.273 e. The van der Waals surface area contributed by atoms with Crippen LogP contribution in [-0.2, 0) is 4.79 Å². The van der Waals surface area contributed by atoms with Crippen molar-refractivity contribution in [3.8, 4) is 0 Å². The maximum atomic E-state index is 12.0. The highest BCUT2D eigenvalue weighted by atomic mass is 79.9. The van der Waals surface area contributed by atoms with Gasteiger partial charge in [-0.2, -0.15) is 5.10 Å². The highest BCUT2D eigenvalue weighted by Gasteiger charge is 2.29. The maximum Gasteiger partial charge on any atom is 0.243 e. The van der Waals surface area contributed by atoms with Gasteiger partial charge in [-0.05, 0) is 29.8 Å². The lowest BCUT2D eigenvalue weighted by atomic mass is 10.2. The fraction of sp³-hybridized carbons (Fsp3) is 0.0625. The second-order valence-electron chi connectivity index (χ2n) is 4.53. The molecule has 110 valence electrons. The first-order valence-electron chi connectivity index (χ1n) is 6.61. The molecule has 0 bridgehead atoms. The van der Waals surface area contributed by atoms with Crippen LogP contribution in [0.25, 0.3) is 0 Å². The summed E-state index contributed by atoms with van der Waals surface area (Å²) in [6, 6.07) is 17.3. The average Bonchev–Trinajstić information content (AvgIpc) is 2.91. The summed E-state index contributed by atoms with van der Waals surface area (Å²) in [5.74, 6) is 0.412. The van der Waals surface area contributed by atoms with Gasteiger partial charge in [0.05, 0.1) is 17.7 Å². The highest BCUT2D eigenvalue weighted by molar-refractivity contribution is 9.10. The van der Waals surface area contributed by atoms with E-state index in [1.807, 2.05) is 54.6 Å². The minimum absolute atomic E-state index is 0.0220. The normalized spacial score (nSPS) is 16.9. The van der Waals surface area contributed by atoms with Gasteiger partial charge in [0, 0.05) is 4.47 Å². The Hall–Kier alpha value is -1.92. The summed E-state index contributed by atoms with van der Waals surface area (Å²) in [6.07, 6.45) is 1.67. The summed E-state index contributed by atoms with van der Waals surface area (Å²) in [4.78, 5) is 13.6. The zero-order valence-electron chi connectivity index (χ0n) is 11.5. The van der Waals surface area contributed by atoms with Crippen molar-refractivity contribution in [1.82, 2.24) is 0 Å². The van der Waals surface area contributed by atoms with Crippen molar-refractivity contribution in [2.24, 2.45) is 10.2 Å². The Morgan fingerprint density at radius 3 is 2.55 bits per heavy atom. The number of amidine groups is 1. The first kappa shape index (κ1) is 15.0. The van der Waals surface area contributed by atoms with E-state index in [1.54, 1.807) is 11.1 Å². The van der Waals surface area contributed by atoms with E-state index in [0.29, 0.717) is 10.9 Å². The second kappa shape index (κ2) is 6.89. The second-order valence-corrected chi connectivity index (χ2v) is 6.39. The Morgan fingerprint density at radius 1 is 1.09 bits per heavy atom. The van der Waals surface area contributed by atoms with Crippen molar-refractivity contribution in [3.05, 3.63) is 64.6 Å². The molecule has 3 rings (SSSR count). The van der Waals surface area contributed by atoms with Crippen LogP contribution in [0.5, 0.6) is 0 Å². The van der Waals surface area contributed by atoms with Gasteiger partial charge in [0.2, 0.25) is 5.91 Å². The number of hydrogen-bond donors (Lipinski definition) is 0. The van der Waals surface area contributed by atoms with Gasteiger partial charge in [0.25, 0.3) is 0 Å². The molecule has 1 saturated heterocycles.